The van der Waals surface area contributed by atoms with Crippen LogP contribution in [0.15, 0.2) is 18.7 Å². The fourth-order valence-corrected chi connectivity index (χ4v) is 1.37. The highest BCUT2D eigenvalue weighted by Gasteiger charge is 2.12. The van der Waals surface area contributed by atoms with Crippen molar-refractivity contribution in [2.75, 3.05) is 19.7 Å². The molecule has 0 saturated carbocycles. The molecule has 0 amide bonds. The van der Waals surface area contributed by atoms with E-state index in [-0.39, 0.29) is 37.2 Å². The largest absolute Gasteiger partial charge is 0.374 e. The van der Waals surface area contributed by atoms with Gasteiger partial charge in [-0.2, -0.15) is 0 Å². The van der Waals surface area contributed by atoms with Crippen LogP contribution in [0.5, 0.6) is 0 Å². The molecule has 1 N–H and O–H groups in total. The summed E-state index contributed by atoms with van der Waals surface area (Å²) in [5, 5.41) is 3.29. The lowest BCUT2D eigenvalue weighted by Gasteiger charge is -2.23. The maximum absolute atomic E-state index is 5.54. The molecule has 1 aromatic rings. The van der Waals surface area contributed by atoms with Crippen LogP contribution in [0.4, 0.5) is 0 Å². The lowest BCUT2D eigenvalue weighted by Crippen LogP contribution is -2.40. The predicted molar refractivity (Wildman–Crippen MR) is 66.6 cm³/mol. The second-order valence-electron chi connectivity index (χ2n) is 2.96. The molecular weight excluding hydrogens is 260 g/mol. The summed E-state index contributed by atoms with van der Waals surface area (Å²) >= 11 is 0. The Morgan fingerprint density at radius 1 is 1.40 bits per heavy atom. The zero-order valence-electron chi connectivity index (χ0n) is 8.17. The van der Waals surface area contributed by atoms with Crippen molar-refractivity contribution in [1.29, 1.82) is 0 Å². The Morgan fingerprint density at radius 2 is 2.20 bits per heavy atom. The molecule has 90 valence electrons. The van der Waals surface area contributed by atoms with Gasteiger partial charge in [0.05, 0.1) is 25.6 Å². The molecule has 1 atom stereocenters. The summed E-state index contributed by atoms with van der Waals surface area (Å²) in [5.74, 6) is 0. The van der Waals surface area contributed by atoms with Crippen molar-refractivity contribution in [3.05, 3.63) is 18.7 Å². The molecular formula is C8H16Cl3N3O. The molecule has 15 heavy (non-hydrogen) atoms. The Labute approximate surface area is 108 Å². The van der Waals surface area contributed by atoms with Crippen molar-refractivity contribution in [3.8, 4) is 0 Å². The molecule has 0 unspecified atom stereocenters. The van der Waals surface area contributed by atoms with E-state index in [1.165, 1.54) is 0 Å². The summed E-state index contributed by atoms with van der Waals surface area (Å²) in [6.07, 6.45) is 5.86. The normalized spacial score (nSPS) is 19.3. The van der Waals surface area contributed by atoms with Crippen molar-refractivity contribution in [2.45, 2.75) is 12.6 Å². The zero-order chi connectivity index (χ0) is 8.23. The van der Waals surface area contributed by atoms with E-state index < -0.39 is 0 Å². The van der Waals surface area contributed by atoms with Crippen LogP contribution >= 0.6 is 37.2 Å². The van der Waals surface area contributed by atoms with E-state index in [4.69, 9.17) is 4.74 Å². The Hall–Kier alpha value is -0.000000000000000111. The number of imidazole rings is 1. The number of rotatable bonds is 2. The third kappa shape index (κ3) is 5.58. The maximum Gasteiger partial charge on any atom is 0.0946 e. The van der Waals surface area contributed by atoms with Crippen LogP contribution in [0, 0.1) is 0 Å². The maximum atomic E-state index is 5.54. The second kappa shape index (κ2) is 9.24. The smallest absolute Gasteiger partial charge is 0.0946 e. The molecule has 2 rings (SSSR count). The minimum absolute atomic E-state index is 0. The first-order valence-electron chi connectivity index (χ1n) is 4.23. The number of hydrogen-bond acceptors (Lipinski definition) is 3. The molecule has 0 aromatic carbocycles. The Kier molecular flexibility index (Phi) is 10.7. The predicted octanol–water partition coefficient (Wildman–Crippen LogP) is 1.14. The van der Waals surface area contributed by atoms with Gasteiger partial charge in [0.15, 0.2) is 0 Å². The molecule has 0 aliphatic carbocycles. The second-order valence-corrected chi connectivity index (χ2v) is 2.96. The topological polar surface area (TPSA) is 39.1 Å². The quantitative estimate of drug-likeness (QED) is 0.880. The molecule has 1 aliphatic heterocycles. The van der Waals surface area contributed by atoms with E-state index in [1.807, 2.05) is 17.1 Å². The molecule has 7 heteroatoms. The van der Waals surface area contributed by atoms with Crippen LogP contribution < -0.4 is 5.32 Å². The highest BCUT2D eigenvalue weighted by Crippen LogP contribution is 1.99. The third-order valence-electron chi connectivity index (χ3n) is 1.98. The van der Waals surface area contributed by atoms with E-state index in [9.17, 15) is 0 Å². The average Bonchev–Trinajstić information content (AvgIpc) is 2.59. The van der Waals surface area contributed by atoms with Crippen LogP contribution in [-0.4, -0.2) is 35.4 Å². The first-order valence-corrected chi connectivity index (χ1v) is 4.23. The van der Waals surface area contributed by atoms with Crippen LogP contribution in [0.2, 0.25) is 0 Å². The molecule has 0 bridgehead atoms. The van der Waals surface area contributed by atoms with Gasteiger partial charge in [-0.3, -0.25) is 0 Å². The first-order chi connectivity index (χ1) is 5.95. The lowest BCUT2D eigenvalue weighted by molar-refractivity contribution is 0.0182. The Balaban J connectivity index is 0. The molecule has 4 nitrogen and oxygen atoms in total. The van der Waals surface area contributed by atoms with Crippen molar-refractivity contribution < 1.29 is 4.74 Å². The van der Waals surface area contributed by atoms with Gasteiger partial charge in [-0.15, -0.1) is 37.2 Å². The van der Waals surface area contributed by atoms with Crippen molar-refractivity contribution >= 4 is 37.2 Å². The van der Waals surface area contributed by atoms with Crippen molar-refractivity contribution in [3.63, 3.8) is 0 Å². The molecule has 1 fully saturated rings. The van der Waals surface area contributed by atoms with Crippen molar-refractivity contribution in [2.24, 2.45) is 0 Å². The molecule has 0 spiro atoms. The third-order valence-corrected chi connectivity index (χ3v) is 1.98. The van der Waals surface area contributed by atoms with E-state index in [0.29, 0.717) is 6.10 Å². The number of ether oxygens (including phenoxy) is 1. The summed E-state index contributed by atoms with van der Waals surface area (Å²) in [5.41, 5.74) is 0. The van der Waals surface area contributed by atoms with Gasteiger partial charge in [-0.1, -0.05) is 0 Å². The van der Waals surface area contributed by atoms with Gasteiger partial charge in [0.25, 0.3) is 0 Å². The van der Waals surface area contributed by atoms with Crippen LogP contribution in [0.1, 0.15) is 0 Å². The number of hydrogen-bond donors (Lipinski definition) is 1. The number of halogens is 3. The Morgan fingerprint density at radius 3 is 2.73 bits per heavy atom. The molecule has 1 aliphatic rings. The van der Waals surface area contributed by atoms with Gasteiger partial charge in [-0.05, 0) is 0 Å². The standard InChI is InChI=1S/C8H13N3O.3ClH/c1-3-11(7-10-1)6-8-5-9-2-4-12-8;;;/h1,3,7-9H,2,4-6H2;3*1H/t8-;;;/m0.../s1. The number of nitrogens with one attached hydrogen (secondary N) is 1. The minimum Gasteiger partial charge on any atom is -0.374 e. The van der Waals surface area contributed by atoms with Gasteiger partial charge >= 0.3 is 0 Å². The summed E-state index contributed by atoms with van der Waals surface area (Å²) < 4.78 is 7.58. The number of aromatic nitrogens is 2. The number of morpholine rings is 1. The van der Waals surface area contributed by atoms with E-state index in [1.54, 1.807) is 6.20 Å². The van der Waals surface area contributed by atoms with Gasteiger partial charge in [0.1, 0.15) is 0 Å². The monoisotopic (exact) mass is 275 g/mol. The SMILES string of the molecule is Cl.Cl.Cl.c1cn(C[C@@H]2CNCCO2)cn1. The van der Waals surface area contributed by atoms with E-state index in [0.717, 1.165) is 26.2 Å². The van der Waals surface area contributed by atoms with E-state index in [2.05, 4.69) is 10.3 Å². The van der Waals surface area contributed by atoms with Crippen molar-refractivity contribution in [1.82, 2.24) is 14.9 Å². The summed E-state index contributed by atoms with van der Waals surface area (Å²) in [7, 11) is 0. The van der Waals surface area contributed by atoms with Crippen LogP contribution in [0.3, 0.4) is 0 Å². The molecule has 1 aromatic heterocycles. The minimum atomic E-state index is 0. The molecule has 1 saturated heterocycles. The Bertz CT molecular complexity index is 227. The fraction of sp³-hybridized carbons (Fsp3) is 0.625. The summed E-state index contributed by atoms with van der Waals surface area (Å²) in [4.78, 5) is 3.97. The van der Waals surface area contributed by atoms with Gasteiger partial charge in [0, 0.05) is 25.5 Å². The van der Waals surface area contributed by atoms with Gasteiger partial charge in [0.2, 0.25) is 0 Å². The highest BCUT2D eigenvalue weighted by molar-refractivity contribution is 5.86. The van der Waals surface area contributed by atoms with Crippen LogP contribution in [0.25, 0.3) is 0 Å². The number of nitrogens with zero attached hydrogens (tertiary/aromatic N) is 2. The fourth-order valence-electron chi connectivity index (χ4n) is 1.37. The molecule has 2 heterocycles. The lowest BCUT2D eigenvalue weighted by atomic mass is 10.3. The molecule has 0 radical (unpaired) electrons. The first kappa shape index (κ1) is 17.4. The highest BCUT2D eigenvalue weighted by atomic mass is 35.5. The van der Waals surface area contributed by atoms with E-state index >= 15 is 0 Å². The average molecular weight is 277 g/mol. The zero-order valence-corrected chi connectivity index (χ0v) is 10.6. The summed E-state index contributed by atoms with van der Waals surface area (Å²) in [6, 6.07) is 0. The van der Waals surface area contributed by atoms with Crippen LogP contribution in [-0.2, 0) is 11.3 Å². The van der Waals surface area contributed by atoms with Gasteiger partial charge < -0.3 is 14.6 Å². The summed E-state index contributed by atoms with van der Waals surface area (Å²) in [6.45, 7) is 3.63. The van der Waals surface area contributed by atoms with Gasteiger partial charge in [-0.25, -0.2) is 4.98 Å².